The molecule has 4 heterocycles. The van der Waals surface area contributed by atoms with E-state index in [4.69, 9.17) is 10.7 Å². The quantitative estimate of drug-likeness (QED) is 0.590. The van der Waals surface area contributed by atoms with E-state index >= 15 is 0 Å². The summed E-state index contributed by atoms with van der Waals surface area (Å²) in [5.74, 6) is 1.39. The van der Waals surface area contributed by atoms with E-state index in [-0.39, 0.29) is 0 Å². The number of anilines is 1. The maximum absolute atomic E-state index is 5.81. The van der Waals surface area contributed by atoms with Crippen molar-refractivity contribution in [3.8, 4) is 0 Å². The van der Waals surface area contributed by atoms with E-state index in [1.165, 1.54) is 0 Å². The van der Waals surface area contributed by atoms with E-state index in [2.05, 4.69) is 43.4 Å². The van der Waals surface area contributed by atoms with Crippen molar-refractivity contribution in [2.75, 3.05) is 24.5 Å². The minimum atomic E-state index is 0.525. The van der Waals surface area contributed by atoms with Crippen molar-refractivity contribution in [1.29, 1.82) is 0 Å². The topological polar surface area (TPSA) is 98.6 Å². The second-order valence-corrected chi connectivity index (χ2v) is 6.99. The summed E-state index contributed by atoms with van der Waals surface area (Å²) in [7, 11) is 0. The third-order valence-corrected chi connectivity index (χ3v) is 5.16. The molecule has 3 aromatic heterocycles. The van der Waals surface area contributed by atoms with Gasteiger partial charge in [-0.05, 0) is 42.6 Å². The Morgan fingerprint density at radius 3 is 3.04 bits per heavy atom. The molecule has 0 spiro atoms. The molecule has 8 nitrogen and oxygen atoms in total. The van der Waals surface area contributed by atoms with Gasteiger partial charge in [-0.1, -0.05) is 17.3 Å². The largest absolute Gasteiger partial charge is 0.355 e. The summed E-state index contributed by atoms with van der Waals surface area (Å²) >= 11 is 0. The molecule has 0 unspecified atom stereocenters. The van der Waals surface area contributed by atoms with Gasteiger partial charge in [0.1, 0.15) is 5.82 Å². The van der Waals surface area contributed by atoms with Crippen molar-refractivity contribution in [2.24, 2.45) is 11.7 Å². The van der Waals surface area contributed by atoms with Crippen LogP contribution < -0.4 is 10.6 Å². The maximum Gasteiger partial charge on any atom is 0.221 e. The van der Waals surface area contributed by atoms with Crippen molar-refractivity contribution in [3.63, 3.8) is 0 Å². The van der Waals surface area contributed by atoms with E-state index in [1.807, 2.05) is 12.1 Å². The lowest BCUT2D eigenvalue weighted by Crippen LogP contribution is -2.23. The number of benzene rings is 1. The first-order valence-electron chi connectivity index (χ1n) is 9.15. The molecule has 1 aliphatic heterocycles. The van der Waals surface area contributed by atoms with Gasteiger partial charge in [-0.25, -0.2) is 14.6 Å². The van der Waals surface area contributed by atoms with Crippen LogP contribution >= 0.6 is 0 Å². The van der Waals surface area contributed by atoms with E-state index < -0.39 is 0 Å². The Hall–Kier alpha value is -3.13. The molecular formula is C19H20N8. The van der Waals surface area contributed by atoms with Crippen LogP contribution in [0, 0.1) is 5.92 Å². The summed E-state index contributed by atoms with van der Waals surface area (Å²) in [6, 6.07) is 10.2. The Balaban J connectivity index is 1.46. The molecule has 1 saturated heterocycles. The number of nitrogens with zero attached hydrogens (tertiary/aromatic N) is 7. The summed E-state index contributed by atoms with van der Waals surface area (Å²) in [6.45, 7) is 3.19. The predicted octanol–water partition coefficient (Wildman–Crippen LogP) is 1.60. The Bertz CT molecular complexity index is 1110. The number of hydrogen-bond donors (Lipinski definition) is 1. The highest BCUT2D eigenvalue weighted by atomic mass is 15.5. The van der Waals surface area contributed by atoms with Crippen molar-refractivity contribution in [2.45, 2.75) is 13.0 Å². The fourth-order valence-corrected chi connectivity index (χ4v) is 3.63. The number of pyridine rings is 1. The minimum absolute atomic E-state index is 0.525. The molecule has 1 aliphatic rings. The first kappa shape index (κ1) is 16.1. The van der Waals surface area contributed by atoms with Crippen LogP contribution in [0.15, 0.2) is 42.7 Å². The highest BCUT2D eigenvalue weighted by Crippen LogP contribution is 2.22. The van der Waals surface area contributed by atoms with Gasteiger partial charge in [-0.2, -0.15) is 0 Å². The number of nitrogens with two attached hydrogens (primary N) is 1. The second-order valence-electron chi connectivity index (χ2n) is 6.99. The molecule has 0 bridgehead atoms. The highest BCUT2D eigenvalue weighted by Gasteiger charge is 2.23. The third-order valence-electron chi connectivity index (χ3n) is 5.16. The first-order valence-corrected chi connectivity index (χ1v) is 9.15. The average Bonchev–Trinajstić information content (AvgIpc) is 3.35. The van der Waals surface area contributed by atoms with Gasteiger partial charge in [-0.3, -0.25) is 4.98 Å². The van der Waals surface area contributed by atoms with Crippen LogP contribution in [0.25, 0.3) is 22.2 Å². The van der Waals surface area contributed by atoms with Gasteiger partial charge >= 0.3 is 0 Å². The van der Waals surface area contributed by atoms with Crippen molar-refractivity contribution >= 4 is 28.0 Å². The van der Waals surface area contributed by atoms with Crippen LogP contribution in [-0.4, -0.2) is 49.6 Å². The van der Waals surface area contributed by atoms with E-state index in [0.29, 0.717) is 30.3 Å². The molecule has 8 heteroatoms. The van der Waals surface area contributed by atoms with Crippen LogP contribution in [0.2, 0.25) is 0 Å². The molecule has 4 aromatic rings. The Labute approximate surface area is 156 Å². The zero-order chi connectivity index (χ0) is 18.2. The molecule has 1 fully saturated rings. The van der Waals surface area contributed by atoms with Crippen LogP contribution in [0.4, 0.5) is 5.82 Å². The average molecular weight is 360 g/mol. The number of aromatic nitrogens is 6. The lowest BCUT2D eigenvalue weighted by molar-refractivity contribution is 0.602. The molecule has 2 N–H and O–H groups in total. The second kappa shape index (κ2) is 6.55. The zero-order valence-electron chi connectivity index (χ0n) is 14.9. The summed E-state index contributed by atoms with van der Waals surface area (Å²) < 4.78 is 1.81. The lowest BCUT2D eigenvalue weighted by Gasteiger charge is -2.16. The molecule has 0 aliphatic carbocycles. The van der Waals surface area contributed by atoms with Crippen molar-refractivity contribution < 1.29 is 0 Å². The molecule has 136 valence electrons. The van der Waals surface area contributed by atoms with Gasteiger partial charge in [0.25, 0.3) is 0 Å². The SMILES string of the molecule is NC[C@H]1CCN(c2cnc3nnn(Cc4ccc5ncccc5c4)c3n2)C1. The Kier molecular flexibility index (Phi) is 3.90. The smallest absolute Gasteiger partial charge is 0.221 e. The predicted molar refractivity (Wildman–Crippen MR) is 103 cm³/mol. The molecule has 0 amide bonds. The van der Waals surface area contributed by atoms with Crippen molar-refractivity contribution in [1.82, 2.24) is 29.9 Å². The van der Waals surface area contributed by atoms with Crippen molar-refractivity contribution in [3.05, 3.63) is 48.3 Å². The van der Waals surface area contributed by atoms with Gasteiger partial charge in [0.2, 0.25) is 5.65 Å². The minimum Gasteiger partial charge on any atom is -0.355 e. The standard InChI is InChI=1S/C19H20N8/c20-9-14-5-7-26(11-14)17-10-22-18-19(23-17)27(25-24-18)12-13-3-4-16-15(8-13)2-1-6-21-16/h1-4,6,8,10,14H,5,7,9,11-12,20H2/t14-/m1/s1. The van der Waals surface area contributed by atoms with Gasteiger partial charge in [-0.15, -0.1) is 5.10 Å². The number of fused-ring (bicyclic) bond motifs is 2. The monoisotopic (exact) mass is 360 g/mol. The third kappa shape index (κ3) is 2.97. The Morgan fingerprint density at radius 2 is 2.15 bits per heavy atom. The van der Waals surface area contributed by atoms with Crippen LogP contribution in [0.3, 0.4) is 0 Å². The Morgan fingerprint density at radius 1 is 1.19 bits per heavy atom. The summed E-state index contributed by atoms with van der Waals surface area (Å²) in [5.41, 5.74) is 9.18. The molecule has 1 atom stereocenters. The maximum atomic E-state index is 5.81. The molecule has 5 rings (SSSR count). The fraction of sp³-hybridized carbons (Fsp3) is 0.316. The summed E-state index contributed by atoms with van der Waals surface area (Å²) in [4.78, 5) is 15.8. The molecule has 27 heavy (non-hydrogen) atoms. The first-order chi connectivity index (χ1) is 13.3. The van der Waals surface area contributed by atoms with Gasteiger partial charge in [0.05, 0.1) is 18.3 Å². The lowest BCUT2D eigenvalue weighted by atomic mass is 10.1. The summed E-state index contributed by atoms with van der Waals surface area (Å²) in [6.07, 6.45) is 4.68. The van der Waals surface area contributed by atoms with Crippen LogP contribution in [0.5, 0.6) is 0 Å². The molecule has 0 saturated carbocycles. The molecule has 0 radical (unpaired) electrons. The van der Waals surface area contributed by atoms with Crippen LogP contribution in [-0.2, 0) is 6.54 Å². The molecule has 1 aromatic carbocycles. The van der Waals surface area contributed by atoms with Crippen LogP contribution in [0.1, 0.15) is 12.0 Å². The van der Waals surface area contributed by atoms with E-state index in [0.717, 1.165) is 41.8 Å². The van der Waals surface area contributed by atoms with Gasteiger partial charge in [0, 0.05) is 24.7 Å². The molecular weight excluding hydrogens is 340 g/mol. The van der Waals surface area contributed by atoms with E-state index in [1.54, 1.807) is 17.1 Å². The summed E-state index contributed by atoms with van der Waals surface area (Å²) in [5, 5.41) is 9.53. The normalized spacial score (nSPS) is 17.2. The van der Waals surface area contributed by atoms with Gasteiger partial charge < -0.3 is 10.6 Å². The van der Waals surface area contributed by atoms with E-state index in [9.17, 15) is 0 Å². The highest BCUT2D eigenvalue weighted by molar-refractivity contribution is 5.79. The van der Waals surface area contributed by atoms with Gasteiger partial charge in [0.15, 0.2) is 5.65 Å². The number of hydrogen-bond acceptors (Lipinski definition) is 7. The fourth-order valence-electron chi connectivity index (χ4n) is 3.63. The zero-order valence-corrected chi connectivity index (χ0v) is 14.9. The number of rotatable bonds is 4.